The molecular weight excluding hydrogens is 709 g/mol. The van der Waals surface area contributed by atoms with E-state index in [0.717, 1.165) is 34.0 Å². The average Bonchev–Trinajstić information content (AvgIpc) is 3.41. The van der Waals surface area contributed by atoms with Crippen LogP contribution in [0.2, 0.25) is 0 Å². The molecule has 0 aromatic carbocycles. The average molecular weight is 759 g/mol. The van der Waals surface area contributed by atoms with Gasteiger partial charge in [-0.3, -0.25) is 4.79 Å². The molecule has 2 heterocycles. The van der Waals surface area contributed by atoms with Gasteiger partial charge in [-0.15, -0.1) is 11.3 Å². The van der Waals surface area contributed by atoms with Crippen molar-refractivity contribution in [3.8, 4) is 0 Å². The largest absolute Gasteiger partial charge is 0.462 e. The number of rotatable bonds is 7. The van der Waals surface area contributed by atoms with E-state index in [1.54, 1.807) is 19.1 Å². The van der Waals surface area contributed by atoms with E-state index in [2.05, 4.69) is 16.3 Å². The monoisotopic (exact) mass is 757 g/mol. The molecule has 0 aliphatic carbocycles. The number of amides is 1. The lowest BCUT2D eigenvalue weighted by molar-refractivity contribution is -0.148. The molecule has 2 bridgehead atoms. The van der Waals surface area contributed by atoms with Crippen LogP contribution in [0.25, 0.3) is 0 Å². The summed E-state index contributed by atoms with van der Waals surface area (Å²) in [5.41, 5.74) is 2.29. The van der Waals surface area contributed by atoms with Gasteiger partial charge in [0.15, 0.2) is 5.60 Å². The standard InChI is InChI=1S/C36H50Cl3N3O6S/c1-23(15-16-42(8)9)13-14-25(3)18-29-21-31-41-30(22-49-31)26(4)19-28(40-34(45)48-35(6,7)36(37,38)39)20-33(44)46-27(5)17-24(2)11-10-12-32(43)47-29/h10-15,18,22,26-29H,16-17,19-21H2,1-9H3,(H,40,45)/b12-10-,14-13+,23-15+,24-11+,25-18+/t26-,27-,28+,29+/m0/s1. The molecule has 0 fully saturated rings. The maximum Gasteiger partial charge on any atom is 0.408 e. The SMILES string of the molecule is CC(/C=C/C(C)=C/[C@@H]1Cc2nc(cs2)[C@@H](C)C[C@@H](NC(=O)OC(C)(C)C(Cl)(Cl)Cl)CC(=O)O[C@@H](C)C/C(C)=C/C=C\C(=O)O1)=C\CN(C)C. The summed E-state index contributed by atoms with van der Waals surface area (Å²) in [7, 11) is 4.03. The smallest absolute Gasteiger partial charge is 0.408 e. The minimum atomic E-state index is -1.88. The molecule has 9 nitrogen and oxygen atoms in total. The zero-order valence-corrected chi connectivity index (χ0v) is 32.9. The van der Waals surface area contributed by atoms with Crippen molar-refractivity contribution in [2.75, 3.05) is 20.6 Å². The first-order valence-electron chi connectivity index (χ1n) is 16.2. The number of carbonyl (C=O) groups excluding carboxylic acids is 3. The number of aromatic nitrogens is 1. The number of halogens is 3. The number of esters is 2. The Morgan fingerprint density at radius 2 is 1.78 bits per heavy atom. The van der Waals surface area contributed by atoms with Crippen molar-refractivity contribution in [2.24, 2.45) is 0 Å². The van der Waals surface area contributed by atoms with E-state index < -0.39 is 45.7 Å². The Balaban J connectivity index is 2.40. The molecule has 1 amide bonds. The first-order chi connectivity index (χ1) is 22.7. The second kappa shape index (κ2) is 19.7. The van der Waals surface area contributed by atoms with Crippen molar-refractivity contribution in [3.05, 3.63) is 75.3 Å². The third-order valence-electron chi connectivity index (χ3n) is 7.51. The summed E-state index contributed by atoms with van der Waals surface area (Å²) >= 11 is 19.5. The van der Waals surface area contributed by atoms with Crippen molar-refractivity contribution >= 4 is 64.2 Å². The van der Waals surface area contributed by atoms with Gasteiger partial charge >= 0.3 is 18.0 Å². The summed E-state index contributed by atoms with van der Waals surface area (Å²) < 4.78 is 15.1. The molecule has 4 atom stereocenters. The molecule has 1 N–H and O–H groups in total. The third-order valence-corrected chi connectivity index (χ3v) is 9.77. The molecule has 1 aromatic rings. The van der Waals surface area contributed by atoms with Crippen LogP contribution < -0.4 is 5.32 Å². The highest BCUT2D eigenvalue weighted by molar-refractivity contribution is 7.09. The molecule has 0 spiro atoms. The van der Waals surface area contributed by atoms with Gasteiger partial charge in [0, 0.05) is 42.8 Å². The number of thiazole rings is 1. The molecule has 0 saturated carbocycles. The minimum Gasteiger partial charge on any atom is -0.462 e. The van der Waals surface area contributed by atoms with Gasteiger partial charge < -0.3 is 24.4 Å². The highest BCUT2D eigenvalue weighted by Gasteiger charge is 2.44. The van der Waals surface area contributed by atoms with Gasteiger partial charge in [0.1, 0.15) is 12.2 Å². The normalized spacial score (nSPS) is 24.6. The van der Waals surface area contributed by atoms with Crippen LogP contribution in [0.4, 0.5) is 4.79 Å². The van der Waals surface area contributed by atoms with E-state index in [9.17, 15) is 14.4 Å². The number of cyclic esters (lactones) is 2. The van der Waals surface area contributed by atoms with E-state index in [1.165, 1.54) is 31.3 Å². The molecule has 13 heteroatoms. The molecular formula is C36H50Cl3N3O6S. The molecule has 272 valence electrons. The van der Waals surface area contributed by atoms with Crippen LogP contribution in [-0.2, 0) is 30.2 Å². The van der Waals surface area contributed by atoms with Crippen molar-refractivity contribution in [2.45, 2.75) is 108 Å². The van der Waals surface area contributed by atoms with E-state index in [1.807, 2.05) is 65.4 Å². The van der Waals surface area contributed by atoms with Gasteiger partial charge in [-0.05, 0) is 68.1 Å². The lowest BCUT2D eigenvalue weighted by atomic mass is 9.97. The lowest BCUT2D eigenvalue weighted by Gasteiger charge is -2.32. The summed E-state index contributed by atoms with van der Waals surface area (Å²) in [6.07, 6.45) is 12.1. The highest BCUT2D eigenvalue weighted by atomic mass is 35.6. The van der Waals surface area contributed by atoms with Gasteiger partial charge in [-0.1, -0.05) is 88.8 Å². The van der Waals surface area contributed by atoms with Crippen LogP contribution in [0.1, 0.15) is 84.3 Å². The van der Waals surface area contributed by atoms with Gasteiger partial charge in [0.2, 0.25) is 3.79 Å². The Morgan fingerprint density at radius 1 is 1.10 bits per heavy atom. The number of nitrogens with one attached hydrogen (secondary N) is 1. The first kappa shape index (κ1) is 42.5. The second-order valence-electron chi connectivity index (χ2n) is 13.3. The predicted molar refractivity (Wildman–Crippen MR) is 199 cm³/mol. The quantitative estimate of drug-likeness (QED) is 0.128. The fraction of sp³-hybridized carbons (Fsp3) is 0.556. The number of hydrogen-bond donors (Lipinski definition) is 1. The highest BCUT2D eigenvalue weighted by Crippen LogP contribution is 2.40. The number of alkyl halides is 3. The van der Waals surface area contributed by atoms with Crippen molar-refractivity contribution in [3.63, 3.8) is 0 Å². The second-order valence-corrected chi connectivity index (χ2v) is 16.5. The minimum absolute atomic E-state index is 0.108. The van der Waals surface area contributed by atoms with Crippen LogP contribution in [0.15, 0.2) is 64.6 Å². The molecule has 1 aliphatic heterocycles. The number of allylic oxidation sites excluding steroid dienone is 6. The van der Waals surface area contributed by atoms with Crippen LogP contribution in [0.5, 0.6) is 0 Å². The zero-order chi connectivity index (χ0) is 36.9. The first-order valence-corrected chi connectivity index (χ1v) is 18.2. The van der Waals surface area contributed by atoms with Gasteiger partial charge in [-0.2, -0.15) is 0 Å². The summed E-state index contributed by atoms with van der Waals surface area (Å²) in [4.78, 5) is 45.7. The number of carbonyl (C=O) groups is 3. The molecule has 0 saturated heterocycles. The number of likely N-dealkylation sites (N-methyl/N-ethyl adjacent to an activating group) is 1. The van der Waals surface area contributed by atoms with Crippen LogP contribution >= 0.6 is 46.1 Å². The Bertz CT molecular complexity index is 1440. The van der Waals surface area contributed by atoms with Crippen LogP contribution in [0.3, 0.4) is 0 Å². The molecule has 49 heavy (non-hydrogen) atoms. The van der Waals surface area contributed by atoms with Gasteiger partial charge in [0.05, 0.1) is 17.1 Å². The number of alkyl carbamates (subject to hydrolysis) is 1. The number of ether oxygens (including phenoxy) is 3. The zero-order valence-electron chi connectivity index (χ0n) is 29.8. The fourth-order valence-corrected chi connectivity index (χ4v) is 5.78. The maximum absolute atomic E-state index is 13.0. The number of nitrogens with zero attached hydrogens (tertiary/aromatic N) is 2. The maximum atomic E-state index is 13.0. The lowest BCUT2D eigenvalue weighted by Crippen LogP contribution is -2.47. The molecule has 1 aromatic heterocycles. The van der Waals surface area contributed by atoms with E-state index >= 15 is 0 Å². The molecule has 2 rings (SSSR count). The van der Waals surface area contributed by atoms with E-state index in [0.29, 0.717) is 19.3 Å². The Labute approximate surface area is 310 Å². The van der Waals surface area contributed by atoms with E-state index in [4.69, 9.17) is 54.0 Å². The van der Waals surface area contributed by atoms with E-state index in [-0.39, 0.29) is 12.3 Å². The number of hydrogen-bond acceptors (Lipinski definition) is 9. The summed E-state index contributed by atoms with van der Waals surface area (Å²) in [6, 6.07) is -0.665. The Morgan fingerprint density at radius 3 is 2.43 bits per heavy atom. The third kappa shape index (κ3) is 16.3. The molecule has 1 aliphatic rings. The van der Waals surface area contributed by atoms with Crippen LogP contribution in [-0.4, -0.2) is 76.2 Å². The van der Waals surface area contributed by atoms with Crippen molar-refractivity contribution in [1.29, 1.82) is 0 Å². The fourth-order valence-electron chi connectivity index (χ4n) is 4.70. The summed E-state index contributed by atoms with van der Waals surface area (Å²) in [6.45, 7) is 13.4. The number of fused-ring (bicyclic) bond motifs is 2. The molecule has 0 radical (unpaired) electrons. The van der Waals surface area contributed by atoms with Crippen molar-refractivity contribution in [1.82, 2.24) is 15.2 Å². The molecule has 0 unspecified atom stereocenters. The van der Waals surface area contributed by atoms with Crippen LogP contribution in [0, 0.1) is 0 Å². The van der Waals surface area contributed by atoms with Gasteiger partial charge in [0.25, 0.3) is 0 Å². The Kier molecular flexibility index (Phi) is 17.1. The van der Waals surface area contributed by atoms with Gasteiger partial charge in [-0.25, -0.2) is 14.6 Å². The van der Waals surface area contributed by atoms with Crippen molar-refractivity contribution < 1.29 is 28.6 Å². The predicted octanol–water partition coefficient (Wildman–Crippen LogP) is 8.57. The topological polar surface area (TPSA) is 107 Å². The summed E-state index contributed by atoms with van der Waals surface area (Å²) in [5, 5.41) is 5.47. The summed E-state index contributed by atoms with van der Waals surface area (Å²) in [5.74, 6) is -1.14. The Hall–Kier alpha value is -2.63.